The summed E-state index contributed by atoms with van der Waals surface area (Å²) in [6, 6.07) is 6.51. The van der Waals surface area contributed by atoms with E-state index in [9.17, 15) is 13.6 Å². The average molecular weight is 480 g/mol. The van der Waals surface area contributed by atoms with Crippen LogP contribution < -0.4 is 10.1 Å². The molecule has 1 fully saturated rings. The molecule has 0 radical (unpaired) electrons. The highest BCUT2D eigenvalue weighted by Gasteiger charge is 2.20. The Kier molecular flexibility index (Phi) is 6.74. The summed E-state index contributed by atoms with van der Waals surface area (Å²) in [4.78, 5) is 17.2. The Morgan fingerprint density at radius 3 is 2.74 bits per heavy atom. The van der Waals surface area contributed by atoms with Gasteiger partial charge in [-0.2, -0.15) is 5.10 Å². The number of rotatable bonds is 8. The molecule has 1 N–H and O–H groups in total. The predicted molar refractivity (Wildman–Crippen MR) is 127 cm³/mol. The first-order chi connectivity index (χ1) is 17.1. The molecular formula is C26H27F2N5O2. The van der Waals surface area contributed by atoms with Gasteiger partial charge in [0, 0.05) is 43.5 Å². The van der Waals surface area contributed by atoms with Crippen LogP contribution in [0.25, 0.3) is 10.9 Å². The molecule has 0 saturated heterocycles. The number of ether oxygens (including phenoxy) is 1. The SMILES string of the molecule is O=C(NCCn1ccnc1)c1cc2c(cnn2CC2CCCCC2)cc1Oc1ccc(F)cc1F. The van der Waals surface area contributed by atoms with E-state index in [0.29, 0.717) is 19.0 Å². The molecular weight excluding hydrogens is 452 g/mol. The van der Waals surface area contributed by atoms with Crippen molar-refractivity contribution in [1.82, 2.24) is 24.6 Å². The summed E-state index contributed by atoms with van der Waals surface area (Å²) >= 11 is 0. The van der Waals surface area contributed by atoms with Crippen LogP contribution in [-0.2, 0) is 13.1 Å². The van der Waals surface area contributed by atoms with E-state index < -0.39 is 11.6 Å². The fraction of sp³-hybridized carbons (Fsp3) is 0.346. The van der Waals surface area contributed by atoms with Crippen LogP contribution in [0.2, 0.25) is 0 Å². The van der Waals surface area contributed by atoms with Crippen molar-refractivity contribution in [2.45, 2.75) is 45.2 Å². The van der Waals surface area contributed by atoms with Crippen molar-refractivity contribution in [3.05, 3.63) is 72.4 Å². The topological polar surface area (TPSA) is 74.0 Å². The second-order valence-electron chi connectivity index (χ2n) is 8.97. The van der Waals surface area contributed by atoms with Crippen molar-refractivity contribution in [3.63, 3.8) is 0 Å². The lowest BCUT2D eigenvalue weighted by Crippen LogP contribution is -2.27. The van der Waals surface area contributed by atoms with E-state index in [4.69, 9.17) is 4.74 Å². The third kappa shape index (κ3) is 5.34. The van der Waals surface area contributed by atoms with Gasteiger partial charge in [-0.05, 0) is 43.0 Å². The quantitative estimate of drug-likeness (QED) is 0.372. The molecule has 5 rings (SSSR count). The molecule has 1 aliphatic carbocycles. The highest BCUT2D eigenvalue weighted by molar-refractivity contribution is 6.01. The number of benzene rings is 2. The van der Waals surface area contributed by atoms with E-state index >= 15 is 0 Å². The van der Waals surface area contributed by atoms with Gasteiger partial charge in [0.15, 0.2) is 11.6 Å². The zero-order valence-corrected chi connectivity index (χ0v) is 19.3. The van der Waals surface area contributed by atoms with E-state index in [-0.39, 0.29) is 23.0 Å². The summed E-state index contributed by atoms with van der Waals surface area (Å²) in [7, 11) is 0. The number of nitrogens with one attached hydrogen (secondary N) is 1. The maximum atomic E-state index is 14.3. The van der Waals surface area contributed by atoms with Gasteiger partial charge in [-0.1, -0.05) is 19.3 Å². The lowest BCUT2D eigenvalue weighted by Gasteiger charge is -2.21. The Morgan fingerprint density at radius 1 is 1.11 bits per heavy atom. The molecule has 7 nitrogen and oxygen atoms in total. The number of carbonyl (C=O) groups excluding carboxylic acids is 1. The van der Waals surface area contributed by atoms with Gasteiger partial charge in [0.1, 0.15) is 11.6 Å². The van der Waals surface area contributed by atoms with Crippen molar-refractivity contribution in [2.75, 3.05) is 6.54 Å². The van der Waals surface area contributed by atoms with Gasteiger partial charge in [0.25, 0.3) is 5.91 Å². The third-order valence-corrected chi connectivity index (χ3v) is 6.47. The number of carbonyl (C=O) groups is 1. The lowest BCUT2D eigenvalue weighted by atomic mass is 9.89. The number of hydrogen-bond donors (Lipinski definition) is 1. The van der Waals surface area contributed by atoms with Crippen LogP contribution >= 0.6 is 0 Å². The molecule has 2 aromatic heterocycles. The maximum absolute atomic E-state index is 14.3. The van der Waals surface area contributed by atoms with Gasteiger partial charge >= 0.3 is 0 Å². The summed E-state index contributed by atoms with van der Waals surface area (Å²) < 4.78 is 37.3. The molecule has 1 amide bonds. The van der Waals surface area contributed by atoms with E-state index in [1.165, 1.54) is 38.2 Å². The monoisotopic (exact) mass is 479 g/mol. The zero-order chi connectivity index (χ0) is 24.2. The second-order valence-corrected chi connectivity index (χ2v) is 8.97. The molecule has 2 aromatic carbocycles. The Labute approximate surface area is 201 Å². The van der Waals surface area contributed by atoms with Crippen molar-refractivity contribution < 1.29 is 18.3 Å². The Balaban J connectivity index is 1.44. The average Bonchev–Trinajstić information content (AvgIpc) is 3.51. The minimum absolute atomic E-state index is 0.159. The molecule has 182 valence electrons. The van der Waals surface area contributed by atoms with Crippen LogP contribution in [0.1, 0.15) is 42.5 Å². The maximum Gasteiger partial charge on any atom is 0.255 e. The number of imidazole rings is 1. The molecule has 0 unspecified atom stereocenters. The molecule has 0 bridgehead atoms. The molecule has 4 aromatic rings. The second kappa shape index (κ2) is 10.2. The summed E-state index contributed by atoms with van der Waals surface area (Å²) in [5, 5.41) is 8.24. The van der Waals surface area contributed by atoms with Crippen LogP contribution in [0.15, 0.2) is 55.2 Å². The fourth-order valence-electron chi connectivity index (χ4n) is 4.62. The molecule has 2 heterocycles. The fourth-order valence-corrected chi connectivity index (χ4v) is 4.62. The van der Waals surface area contributed by atoms with Gasteiger partial charge in [-0.3, -0.25) is 9.48 Å². The molecule has 1 aliphatic rings. The number of halogens is 2. The molecule has 35 heavy (non-hydrogen) atoms. The van der Waals surface area contributed by atoms with Crippen LogP contribution in [0, 0.1) is 17.6 Å². The Morgan fingerprint density at radius 2 is 1.97 bits per heavy atom. The Hall–Kier alpha value is -3.75. The smallest absolute Gasteiger partial charge is 0.255 e. The number of fused-ring (bicyclic) bond motifs is 1. The van der Waals surface area contributed by atoms with Crippen LogP contribution in [0.4, 0.5) is 8.78 Å². The number of amides is 1. The zero-order valence-electron chi connectivity index (χ0n) is 19.3. The first kappa shape index (κ1) is 23.0. The highest BCUT2D eigenvalue weighted by atomic mass is 19.1. The minimum atomic E-state index is -0.843. The third-order valence-electron chi connectivity index (χ3n) is 6.47. The first-order valence-corrected chi connectivity index (χ1v) is 11.9. The van der Waals surface area contributed by atoms with E-state index in [1.54, 1.807) is 30.9 Å². The molecule has 0 atom stereocenters. The van der Waals surface area contributed by atoms with Crippen molar-refractivity contribution >= 4 is 16.8 Å². The standard InChI is InChI=1S/C26H27F2N5O2/c27-20-6-7-24(22(28)13-20)35-25-12-19-15-31-33(16-18-4-2-1-3-5-18)23(19)14-21(25)26(34)30-9-11-32-10-8-29-17-32/h6-8,10,12-15,17-18H,1-5,9,11,16H2,(H,30,34). The van der Waals surface area contributed by atoms with Gasteiger partial charge < -0.3 is 14.6 Å². The van der Waals surface area contributed by atoms with Crippen LogP contribution in [-0.4, -0.2) is 31.8 Å². The Bertz CT molecular complexity index is 1310. The molecule has 9 heteroatoms. The number of nitrogens with zero attached hydrogens (tertiary/aromatic N) is 4. The van der Waals surface area contributed by atoms with Gasteiger partial charge in [-0.15, -0.1) is 0 Å². The molecule has 0 spiro atoms. The van der Waals surface area contributed by atoms with Crippen molar-refractivity contribution in [3.8, 4) is 11.5 Å². The lowest BCUT2D eigenvalue weighted by molar-refractivity contribution is 0.0950. The van der Waals surface area contributed by atoms with E-state index in [2.05, 4.69) is 15.4 Å². The van der Waals surface area contributed by atoms with Gasteiger partial charge in [-0.25, -0.2) is 13.8 Å². The van der Waals surface area contributed by atoms with E-state index in [1.807, 2.05) is 15.4 Å². The first-order valence-electron chi connectivity index (χ1n) is 11.9. The van der Waals surface area contributed by atoms with Crippen molar-refractivity contribution in [2.24, 2.45) is 5.92 Å². The molecule has 1 saturated carbocycles. The van der Waals surface area contributed by atoms with Crippen LogP contribution in [0.5, 0.6) is 11.5 Å². The van der Waals surface area contributed by atoms with Crippen molar-refractivity contribution in [1.29, 1.82) is 0 Å². The normalized spacial score (nSPS) is 14.3. The summed E-state index contributed by atoms with van der Waals surface area (Å²) in [5.41, 5.74) is 1.08. The van der Waals surface area contributed by atoms with Crippen LogP contribution in [0.3, 0.4) is 0 Å². The summed E-state index contributed by atoms with van der Waals surface area (Å²) in [6.45, 7) is 1.72. The summed E-state index contributed by atoms with van der Waals surface area (Å²) in [5.74, 6) is -1.32. The predicted octanol–water partition coefficient (Wildman–Crippen LogP) is 5.31. The number of hydrogen-bond acceptors (Lipinski definition) is 4. The van der Waals surface area contributed by atoms with Gasteiger partial charge in [0.05, 0.1) is 23.6 Å². The molecule has 0 aliphatic heterocycles. The van der Waals surface area contributed by atoms with E-state index in [0.717, 1.165) is 29.6 Å². The number of aromatic nitrogens is 4. The summed E-state index contributed by atoms with van der Waals surface area (Å²) in [6.07, 6.45) is 13.0. The minimum Gasteiger partial charge on any atom is -0.453 e. The van der Waals surface area contributed by atoms with Gasteiger partial charge in [0.2, 0.25) is 0 Å². The largest absolute Gasteiger partial charge is 0.453 e. The highest BCUT2D eigenvalue weighted by Crippen LogP contribution is 2.33.